The molecule has 0 unspecified atom stereocenters. The smallest absolute Gasteiger partial charge is 0.317 e. The normalized spacial score (nSPS) is 23.8. The molecule has 0 bridgehead atoms. The van der Waals surface area contributed by atoms with Crippen molar-refractivity contribution in [3.63, 3.8) is 0 Å². The zero-order valence-electron chi connectivity index (χ0n) is 13.8. The summed E-state index contributed by atoms with van der Waals surface area (Å²) in [6.07, 6.45) is 1.50. The summed E-state index contributed by atoms with van der Waals surface area (Å²) in [5.41, 5.74) is 0.727. The highest BCUT2D eigenvalue weighted by Gasteiger charge is 2.35. The molecule has 0 aromatic carbocycles. The van der Waals surface area contributed by atoms with Crippen molar-refractivity contribution in [2.75, 3.05) is 26.2 Å². The highest BCUT2D eigenvalue weighted by molar-refractivity contribution is 7.09. The molecule has 2 fully saturated rings. The van der Waals surface area contributed by atoms with Crippen LogP contribution in [0.15, 0.2) is 5.38 Å². The fraction of sp³-hybridized carbons (Fsp3) is 0.688. The Kier molecular flexibility index (Phi) is 5.33. The standard InChI is InChI=1S/C16H23FN4O2S/c1-11-19-13(10-24-11)7-15(22)21-9-12(17)6-14(21)8-18-16(23)20-4-2-3-5-20/h10,12,14H,2-9H2,1H3,(H,18,23)/t12-,14-/m0/s1. The van der Waals surface area contributed by atoms with Crippen LogP contribution in [0.25, 0.3) is 0 Å². The fourth-order valence-electron chi connectivity index (χ4n) is 3.34. The Labute approximate surface area is 145 Å². The quantitative estimate of drug-likeness (QED) is 0.896. The van der Waals surface area contributed by atoms with Crippen molar-refractivity contribution in [3.8, 4) is 0 Å². The third-order valence-corrected chi connectivity index (χ3v) is 5.39. The average Bonchev–Trinajstić information content (AvgIpc) is 3.26. The maximum absolute atomic E-state index is 13.8. The Morgan fingerprint density at radius 3 is 2.83 bits per heavy atom. The lowest BCUT2D eigenvalue weighted by Gasteiger charge is -2.25. The monoisotopic (exact) mass is 354 g/mol. The second-order valence-corrected chi connectivity index (χ2v) is 7.51. The number of hydrogen-bond donors (Lipinski definition) is 1. The number of rotatable bonds is 4. The number of likely N-dealkylation sites (tertiary alicyclic amines) is 2. The highest BCUT2D eigenvalue weighted by Crippen LogP contribution is 2.22. The molecule has 0 saturated carbocycles. The molecular weight excluding hydrogens is 331 g/mol. The Bertz CT molecular complexity index is 603. The van der Waals surface area contributed by atoms with E-state index >= 15 is 0 Å². The van der Waals surface area contributed by atoms with Crippen molar-refractivity contribution in [2.24, 2.45) is 0 Å². The summed E-state index contributed by atoms with van der Waals surface area (Å²) in [5, 5.41) is 5.63. The van der Waals surface area contributed by atoms with E-state index in [1.807, 2.05) is 12.3 Å². The molecule has 0 spiro atoms. The Morgan fingerprint density at radius 1 is 1.42 bits per heavy atom. The summed E-state index contributed by atoms with van der Waals surface area (Å²) >= 11 is 1.50. The van der Waals surface area contributed by atoms with Crippen LogP contribution in [0.2, 0.25) is 0 Å². The molecule has 0 radical (unpaired) electrons. The molecule has 2 aliphatic rings. The number of halogens is 1. The van der Waals surface area contributed by atoms with E-state index in [1.165, 1.54) is 11.3 Å². The first-order chi connectivity index (χ1) is 11.5. The van der Waals surface area contributed by atoms with Gasteiger partial charge >= 0.3 is 6.03 Å². The fourth-order valence-corrected chi connectivity index (χ4v) is 3.95. The van der Waals surface area contributed by atoms with Gasteiger partial charge in [0.05, 0.1) is 29.7 Å². The lowest BCUT2D eigenvalue weighted by Crippen LogP contribution is -2.46. The van der Waals surface area contributed by atoms with Gasteiger partial charge in [-0.15, -0.1) is 11.3 Å². The maximum Gasteiger partial charge on any atom is 0.317 e. The minimum atomic E-state index is -1.03. The van der Waals surface area contributed by atoms with Crippen LogP contribution in [0.5, 0.6) is 0 Å². The third kappa shape index (κ3) is 4.03. The van der Waals surface area contributed by atoms with Crippen LogP contribution in [0.4, 0.5) is 9.18 Å². The number of urea groups is 1. The molecule has 8 heteroatoms. The molecule has 0 aliphatic carbocycles. The number of aromatic nitrogens is 1. The number of nitrogens with zero attached hydrogens (tertiary/aromatic N) is 3. The molecule has 3 amide bonds. The van der Waals surface area contributed by atoms with E-state index in [0.717, 1.165) is 36.6 Å². The van der Waals surface area contributed by atoms with Crippen molar-refractivity contribution < 1.29 is 14.0 Å². The maximum atomic E-state index is 13.8. The number of aryl methyl sites for hydroxylation is 1. The largest absolute Gasteiger partial charge is 0.336 e. The van der Waals surface area contributed by atoms with Gasteiger partial charge in [-0.25, -0.2) is 14.2 Å². The van der Waals surface area contributed by atoms with Gasteiger partial charge in [-0.1, -0.05) is 0 Å². The second-order valence-electron chi connectivity index (χ2n) is 6.45. The van der Waals surface area contributed by atoms with Gasteiger partial charge in [-0.2, -0.15) is 0 Å². The van der Waals surface area contributed by atoms with Crippen LogP contribution < -0.4 is 5.32 Å². The summed E-state index contributed by atoms with van der Waals surface area (Å²) in [6.45, 7) is 3.84. The molecule has 1 aromatic rings. The van der Waals surface area contributed by atoms with Crippen LogP contribution >= 0.6 is 11.3 Å². The van der Waals surface area contributed by atoms with Gasteiger partial charge in [0.25, 0.3) is 0 Å². The molecule has 2 atom stereocenters. The molecule has 24 heavy (non-hydrogen) atoms. The van der Waals surface area contributed by atoms with Gasteiger partial charge in [0.15, 0.2) is 0 Å². The lowest BCUT2D eigenvalue weighted by molar-refractivity contribution is -0.131. The van der Waals surface area contributed by atoms with Crippen molar-refractivity contribution in [1.82, 2.24) is 20.1 Å². The summed E-state index contributed by atoms with van der Waals surface area (Å²) < 4.78 is 13.8. The first kappa shape index (κ1) is 17.1. The van der Waals surface area contributed by atoms with Gasteiger partial charge in [-0.05, 0) is 19.8 Å². The molecular formula is C16H23FN4O2S. The number of carbonyl (C=O) groups excluding carboxylic acids is 2. The Hall–Kier alpha value is -1.70. The molecule has 1 N–H and O–H groups in total. The summed E-state index contributed by atoms with van der Waals surface area (Å²) in [4.78, 5) is 32.2. The van der Waals surface area contributed by atoms with Crippen LogP contribution in [-0.4, -0.2) is 65.1 Å². The van der Waals surface area contributed by atoms with E-state index in [4.69, 9.17) is 0 Å². The zero-order valence-corrected chi connectivity index (χ0v) is 14.6. The molecule has 1 aromatic heterocycles. The highest BCUT2D eigenvalue weighted by atomic mass is 32.1. The zero-order chi connectivity index (χ0) is 17.1. The van der Waals surface area contributed by atoms with E-state index in [-0.39, 0.29) is 37.4 Å². The summed E-state index contributed by atoms with van der Waals surface area (Å²) in [5.74, 6) is -0.124. The van der Waals surface area contributed by atoms with Crippen LogP contribution in [0.3, 0.4) is 0 Å². The number of nitrogens with one attached hydrogen (secondary N) is 1. The molecule has 3 heterocycles. The van der Waals surface area contributed by atoms with Crippen LogP contribution in [-0.2, 0) is 11.2 Å². The number of hydrogen-bond acceptors (Lipinski definition) is 4. The van der Waals surface area contributed by atoms with Crippen molar-refractivity contribution >= 4 is 23.3 Å². The molecule has 132 valence electrons. The summed E-state index contributed by atoms with van der Waals surface area (Å²) in [6, 6.07) is -0.392. The van der Waals surface area contributed by atoms with E-state index in [0.29, 0.717) is 6.54 Å². The lowest BCUT2D eigenvalue weighted by atomic mass is 10.2. The van der Waals surface area contributed by atoms with Crippen molar-refractivity contribution in [2.45, 2.75) is 44.8 Å². The predicted octanol–water partition coefficient (Wildman–Crippen LogP) is 1.74. The summed E-state index contributed by atoms with van der Waals surface area (Å²) in [7, 11) is 0. The van der Waals surface area contributed by atoms with E-state index in [2.05, 4.69) is 10.3 Å². The SMILES string of the molecule is Cc1nc(CC(=O)N2C[C@@H](F)C[C@H]2CNC(=O)N2CCCC2)cs1. The molecule has 2 aliphatic heterocycles. The Balaban J connectivity index is 1.55. The van der Waals surface area contributed by atoms with E-state index in [1.54, 1.807) is 9.80 Å². The average molecular weight is 354 g/mol. The van der Waals surface area contributed by atoms with Gasteiger partial charge in [0.2, 0.25) is 5.91 Å². The van der Waals surface area contributed by atoms with Crippen molar-refractivity contribution in [3.05, 3.63) is 16.1 Å². The molecule has 3 rings (SSSR count). The van der Waals surface area contributed by atoms with E-state index < -0.39 is 6.17 Å². The first-order valence-corrected chi connectivity index (χ1v) is 9.28. The minimum absolute atomic E-state index is 0.103. The number of amides is 3. The van der Waals surface area contributed by atoms with Gasteiger partial charge in [0.1, 0.15) is 6.17 Å². The predicted molar refractivity (Wildman–Crippen MR) is 89.8 cm³/mol. The van der Waals surface area contributed by atoms with Crippen LogP contribution in [0.1, 0.15) is 30.0 Å². The van der Waals surface area contributed by atoms with Crippen LogP contribution in [0, 0.1) is 6.92 Å². The third-order valence-electron chi connectivity index (χ3n) is 4.56. The van der Waals surface area contributed by atoms with E-state index in [9.17, 15) is 14.0 Å². The topological polar surface area (TPSA) is 65.5 Å². The molecule has 6 nitrogen and oxygen atoms in total. The number of thiazole rings is 1. The Morgan fingerprint density at radius 2 is 2.17 bits per heavy atom. The van der Waals surface area contributed by atoms with Gasteiger partial charge in [0, 0.05) is 31.4 Å². The number of alkyl halides is 1. The van der Waals surface area contributed by atoms with Gasteiger partial charge < -0.3 is 15.1 Å². The molecule has 2 saturated heterocycles. The first-order valence-electron chi connectivity index (χ1n) is 8.40. The van der Waals surface area contributed by atoms with Gasteiger partial charge in [-0.3, -0.25) is 4.79 Å². The van der Waals surface area contributed by atoms with Crippen molar-refractivity contribution in [1.29, 1.82) is 0 Å². The second kappa shape index (κ2) is 7.46. The minimum Gasteiger partial charge on any atom is -0.336 e. The number of carbonyl (C=O) groups is 2.